The van der Waals surface area contributed by atoms with E-state index >= 15 is 0 Å². The zero-order chi connectivity index (χ0) is 73.5. The molecule has 0 atom stereocenters. The number of hydrogen-bond donors (Lipinski definition) is 0. The predicted molar refractivity (Wildman–Crippen MR) is 477 cm³/mol. The number of benzene rings is 20. The summed E-state index contributed by atoms with van der Waals surface area (Å²) in [5.41, 5.74) is 24.1. The van der Waals surface area contributed by atoms with E-state index in [9.17, 15) is 0 Å². The van der Waals surface area contributed by atoms with E-state index in [0.29, 0.717) is 0 Å². The minimum absolute atomic E-state index is 1.15. The molecular formula is C108H68N4. The van der Waals surface area contributed by atoms with Crippen molar-refractivity contribution in [3.05, 3.63) is 413 Å². The van der Waals surface area contributed by atoms with E-state index in [1.807, 2.05) is 0 Å². The first-order chi connectivity index (χ1) is 55.7. The molecule has 4 heterocycles. The Morgan fingerprint density at radius 2 is 0.312 bits per heavy atom. The number of aromatic nitrogens is 4. The molecule has 20 aromatic carbocycles. The molecule has 0 fully saturated rings. The number of rotatable bonds is 8. The minimum Gasteiger partial charge on any atom is -0.309 e. The van der Waals surface area contributed by atoms with Gasteiger partial charge in [-0.25, -0.2) is 0 Å². The highest BCUT2D eigenvalue weighted by atomic mass is 15.0. The van der Waals surface area contributed by atoms with Gasteiger partial charge in [0.05, 0.1) is 44.1 Å². The molecule has 0 aliphatic heterocycles. The lowest BCUT2D eigenvalue weighted by molar-refractivity contribution is 1.19. The van der Waals surface area contributed by atoms with Crippen LogP contribution < -0.4 is 0 Å². The molecule has 0 amide bonds. The van der Waals surface area contributed by atoms with Crippen molar-refractivity contribution in [2.45, 2.75) is 0 Å². The summed E-state index contributed by atoms with van der Waals surface area (Å²) in [5.74, 6) is 0. The molecule has 0 unspecified atom stereocenters. The summed E-state index contributed by atoms with van der Waals surface area (Å²) in [7, 11) is 0. The van der Waals surface area contributed by atoms with E-state index in [1.165, 1.54) is 196 Å². The normalized spacial score (nSPS) is 11.9. The summed E-state index contributed by atoms with van der Waals surface area (Å²) in [5, 5.41) is 25.5. The van der Waals surface area contributed by atoms with Crippen LogP contribution in [0.15, 0.2) is 413 Å². The smallest absolute Gasteiger partial charge is 0.0626 e. The Hall–Kier alpha value is -14.8. The van der Waals surface area contributed by atoms with Crippen molar-refractivity contribution in [3.63, 3.8) is 0 Å². The van der Waals surface area contributed by atoms with Gasteiger partial charge >= 0.3 is 0 Å². The summed E-state index contributed by atoms with van der Waals surface area (Å²) >= 11 is 0. The molecular weight excluding hydrogens is 1350 g/mol. The Labute approximate surface area is 645 Å². The lowest BCUT2D eigenvalue weighted by atomic mass is 9.89. The van der Waals surface area contributed by atoms with E-state index in [0.717, 1.165) is 22.7 Å². The summed E-state index contributed by atoms with van der Waals surface area (Å²) < 4.78 is 10.0. The van der Waals surface area contributed by atoms with Gasteiger partial charge in [-0.2, -0.15) is 0 Å². The lowest BCUT2D eigenvalue weighted by Gasteiger charge is -2.17. The van der Waals surface area contributed by atoms with Gasteiger partial charge in [-0.15, -0.1) is 0 Å². The highest BCUT2D eigenvalue weighted by Crippen LogP contribution is 2.54. The molecule has 0 saturated carbocycles. The van der Waals surface area contributed by atoms with Gasteiger partial charge in [0.2, 0.25) is 0 Å². The fourth-order valence-corrected chi connectivity index (χ4v) is 19.1. The maximum Gasteiger partial charge on any atom is 0.0626 e. The Balaban J connectivity index is 0.000000134. The van der Waals surface area contributed by atoms with E-state index in [2.05, 4.69) is 431 Å². The van der Waals surface area contributed by atoms with E-state index in [4.69, 9.17) is 0 Å². The molecule has 0 aliphatic rings. The predicted octanol–water partition coefficient (Wildman–Crippen LogP) is 29.3. The van der Waals surface area contributed by atoms with Crippen molar-refractivity contribution in [2.75, 3.05) is 0 Å². The molecule has 0 N–H and O–H groups in total. The van der Waals surface area contributed by atoms with Crippen molar-refractivity contribution in [3.8, 4) is 67.3 Å². The second-order valence-electron chi connectivity index (χ2n) is 29.6. The molecule has 24 aromatic rings. The molecule has 0 bridgehead atoms. The molecule has 0 radical (unpaired) electrons. The maximum atomic E-state index is 2.51. The van der Waals surface area contributed by atoms with Gasteiger partial charge < -0.3 is 18.3 Å². The SMILES string of the molecule is c1ccc(-c2ccc(-n3c4ccccc4c4c5c6ccccc6c6c(c7ccccc7n6-c6ccc(-c7ccccc7)cc6)c5c5ccccc5c43)cc2)cc1.c1ccc(-c2cccc(-n3c4ccccc4c4c5c6ccccc6c6c(c7ccccc7n6-c6cccc(-c7ccccc7)c6)c5c5ccccc5c43)c2)cc1. The fourth-order valence-electron chi connectivity index (χ4n) is 19.1. The van der Waals surface area contributed by atoms with Crippen molar-refractivity contribution < 1.29 is 0 Å². The lowest BCUT2D eigenvalue weighted by Crippen LogP contribution is -1.97. The number of fused-ring (bicyclic) bond motifs is 30. The minimum atomic E-state index is 1.15. The monoisotopic (exact) mass is 1420 g/mol. The Morgan fingerprint density at radius 1 is 0.116 bits per heavy atom. The molecule has 0 saturated heterocycles. The summed E-state index contributed by atoms with van der Waals surface area (Å²) in [6.07, 6.45) is 0. The van der Waals surface area contributed by atoms with Gasteiger partial charge in [0, 0.05) is 109 Å². The van der Waals surface area contributed by atoms with Gasteiger partial charge in [-0.05, 0) is 139 Å². The fraction of sp³-hybridized carbons (Fsp3) is 0. The highest BCUT2D eigenvalue weighted by Gasteiger charge is 2.29. The standard InChI is InChI=1S/2C54H34N2/c1-3-17-35(18-4-1)37-21-15-23-39(33-37)55-47-31-13-11-29-45(47)51-49-42-26-8-10-28-44(42)54-52(50(49)41-25-7-9-27-43(41)53(51)55)46-30-12-14-32-48(46)56(54)40-24-16-22-38(34-40)36-19-5-2-6-20-36;1-3-15-35(16-4-1)37-27-31-39(32-28-37)55-47-25-13-11-23-45(47)51-49-42-20-8-10-22-44(42)54-52(50(49)41-19-7-9-21-43(41)53(51)55)46-24-12-14-26-48(46)56(54)40-33-29-38(30-34-40)36-17-5-2-6-18-36/h2*1-34H. The van der Waals surface area contributed by atoms with E-state index in [1.54, 1.807) is 0 Å². The quantitative estimate of drug-likeness (QED) is 0.135. The summed E-state index contributed by atoms with van der Waals surface area (Å²) in [6.45, 7) is 0. The summed E-state index contributed by atoms with van der Waals surface area (Å²) in [6, 6.07) is 151. The third kappa shape index (κ3) is 9.55. The number of para-hydroxylation sites is 4. The number of hydrogen-bond acceptors (Lipinski definition) is 0. The third-order valence-corrected chi connectivity index (χ3v) is 23.7. The zero-order valence-corrected chi connectivity index (χ0v) is 61.0. The second kappa shape index (κ2) is 25.4. The largest absolute Gasteiger partial charge is 0.309 e. The van der Waals surface area contributed by atoms with Gasteiger partial charge in [0.15, 0.2) is 0 Å². The maximum absolute atomic E-state index is 2.51. The Kier molecular flexibility index (Phi) is 14.3. The molecule has 4 nitrogen and oxygen atoms in total. The molecule has 520 valence electrons. The molecule has 4 heteroatoms. The van der Waals surface area contributed by atoms with Gasteiger partial charge in [0.1, 0.15) is 0 Å². The van der Waals surface area contributed by atoms with E-state index < -0.39 is 0 Å². The summed E-state index contributed by atoms with van der Waals surface area (Å²) in [4.78, 5) is 0. The molecule has 24 rings (SSSR count). The molecule has 112 heavy (non-hydrogen) atoms. The van der Waals surface area contributed by atoms with Crippen LogP contribution in [0.5, 0.6) is 0 Å². The first-order valence-electron chi connectivity index (χ1n) is 38.7. The van der Waals surface area contributed by atoms with Crippen LogP contribution in [0.2, 0.25) is 0 Å². The molecule has 0 spiro atoms. The van der Waals surface area contributed by atoms with Crippen LogP contribution in [-0.4, -0.2) is 18.3 Å². The van der Waals surface area contributed by atoms with Gasteiger partial charge in [0.25, 0.3) is 0 Å². The first-order valence-corrected chi connectivity index (χ1v) is 38.7. The van der Waals surface area contributed by atoms with Crippen molar-refractivity contribution >= 4 is 152 Å². The highest BCUT2D eigenvalue weighted by molar-refractivity contribution is 6.47. The molecule has 4 aromatic heterocycles. The van der Waals surface area contributed by atoms with E-state index in [-0.39, 0.29) is 0 Å². The molecule has 0 aliphatic carbocycles. The zero-order valence-electron chi connectivity index (χ0n) is 61.0. The third-order valence-electron chi connectivity index (χ3n) is 23.7. The average Bonchev–Trinajstić information content (AvgIpc) is 1.50. The van der Waals surface area contributed by atoms with Crippen LogP contribution in [-0.2, 0) is 0 Å². The van der Waals surface area contributed by atoms with Crippen LogP contribution in [0.1, 0.15) is 0 Å². The van der Waals surface area contributed by atoms with Crippen LogP contribution in [0.3, 0.4) is 0 Å². The Morgan fingerprint density at radius 3 is 0.580 bits per heavy atom. The Bertz CT molecular complexity index is 7470. The van der Waals surface area contributed by atoms with Crippen LogP contribution in [0, 0.1) is 0 Å². The topological polar surface area (TPSA) is 19.7 Å². The van der Waals surface area contributed by atoms with Crippen molar-refractivity contribution in [2.24, 2.45) is 0 Å². The average molecular weight is 1420 g/mol. The van der Waals surface area contributed by atoms with Crippen molar-refractivity contribution in [1.29, 1.82) is 0 Å². The van der Waals surface area contributed by atoms with Crippen LogP contribution in [0.4, 0.5) is 0 Å². The second-order valence-corrected chi connectivity index (χ2v) is 29.6. The van der Waals surface area contributed by atoms with Crippen LogP contribution in [0.25, 0.3) is 219 Å². The first kappa shape index (κ1) is 63.3. The number of nitrogens with zero attached hydrogens (tertiary/aromatic N) is 4. The van der Waals surface area contributed by atoms with Crippen LogP contribution >= 0.6 is 0 Å². The van der Waals surface area contributed by atoms with Gasteiger partial charge in [-0.1, -0.05) is 340 Å². The van der Waals surface area contributed by atoms with Gasteiger partial charge in [-0.3, -0.25) is 0 Å². The van der Waals surface area contributed by atoms with Crippen molar-refractivity contribution in [1.82, 2.24) is 18.3 Å².